The number of ether oxygens (including phenoxy) is 1. The molecule has 1 aromatic carbocycles. The Bertz CT molecular complexity index is 527. The van der Waals surface area contributed by atoms with Gasteiger partial charge in [0.25, 0.3) is 0 Å². The molecule has 22 heavy (non-hydrogen) atoms. The van der Waals surface area contributed by atoms with E-state index in [2.05, 4.69) is 4.99 Å². The maximum absolute atomic E-state index is 13.1. The molecule has 0 aliphatic carbocycles. The van der Waals surface area contributed by atoms with Crippen LogP contribution in [0.3, 0.4) is 0 Å². The fourth-order valence-electron chi connectivity index (χ4n) is 1.67. The molecule has 0 saturated carbocycles. The maximum Gasteiger partial charge on any atom is 1.00 e. The van der Waals surface area contributed by atoms with E-state index in [-0.39, 0.29) is 56.9 Å². The van der Waals surface area contributed by atoms with Crippen molar-refractivity contribution < 1.29 is 79.2 Å². The van der Waals surface area contributed by atoms with Gasteiger partial charge in [0, 0.05) is 5.56 Å². The first-order valence-electron chi connectivity index (χ1n) is 6.17. The molecule has 1 rings (SSSR count). The van der Waals surface area contributed by atoms with E-state index in [9.17, 15) is 23.1 Å². The predicted molar refractivity (Wildman–Crippen MR) is 69.2 cm³/mol. The second-order valence-corrected chi connectivity index (χ2v) is 4.71. The van der Waals surface area contributed by atoms with Crippen LogP contribution in [0.1, 0.15) is 19.4 Å². The van der Waals surface area contributed by atoms with Gasteiger partial charge in [0.1, 0.15) is 11.5 Å². The topological polar surface area (TPSA) is 61.7 Å². The Morgan fingerprint density at radius 2 is 1.73 bits per heavy atom. The number of halogens is 3. The molecule has 0 saturated heterocycles. The number of carboxylic acid groups (broad SMARTS) is 1. The summed E-state index contributed by atoms with van der Waals surface area (Å²) >= 11 is 0. The number of alkyl halides is 3. The van der Waals surface area contributed by atoms with E-state index in [1.165, 1.54) is 45.2 Å². The number of benzene rings is 1. The van der Waals surface area contributed by atoms with Crippen LogP contribution >= 0.6 is 0 Å². The van der Waals surface area contributed by atoms with Crippen molar-refractivity contribution in [1.29, 1.82) is 0 Å². The molecule has 1 atom stereocenters. The van der Waals surface area contributed by atoms with Gasteiger partial charge in [-0.1, -0.05) is 13.8 Å². The molecule has 116 valence electrons. The Morgan fingerprint density at radius 3 is 2.05 bits per heavy atom. The summed E-state index contributed by atoms with van der Waals surface area (Å²) in [5.41, 5.74) is -1.47. The van der Waals surface area contributed by atoms with Crippen molar-refractivity contribution in [1.82, 2.24) is 0 Å². The third-order valence-corrected chi connectivity index (χ3v) is 2.77. The average molecular weight is 341 g/mol. The molecular weight excluding hydrogens is 326 g/mol. The third kappa shape index (κ3) is 6.00. The van der Waals surface area contributed by atoms with E-state index in [4.69, 9.17) is 4.74 Å². The van der Waals surface area contributed by atoms with E-state index in [1.807, 2.05) is 0 Å². The van der Waals surface area contributed by atoms with Crippen molar-refractivity contribution in [3.63, 3.8) is 0 Å². The Morgan fingerprint density at radius 1 is 1.23 bits per heavy atom. The van der Waals surface area contributed by atoms with Crippen molar-refractivity contribution in [2.45, 2.75) is 26.1 Å². The number of carboxylic acids is 1. The number of methoxy groups -OCH3 is 1. The molecule has 0 N–H and O–H groups in total. The first kappa shape index (κ1) is 21.6. The zero-order valence-electron chi connectivity index (χ0n) is 12.8. The van der Waals surface area contributed by atoms with Crippen LogP contribution in [0.25, 0.3) is 0 Å². The molecule has 0 aliphatic rings. The summed E-state index contributed by atoms with van der Waals surface area (Å²) in [5, 5.41) is 10.9. The van der Waals surface area contributed by atoms with Crippen LogP contribution in [0.5, 0.6) is 5.75 Å². The maximum atomic E-state index is 13.1. The molecule has 0 spiro atoms. The van der Waals surface area contributed by atoms with Crippen LogP contribution < -0.4 is 61.2 Å². The first-order valence-corrected chi connectivity index (χ1v) is 6.17. The molecule has 0 fully saturated rings. The molecule has 8 heteroatoms. The minimum Gasteiger partial charge on any atom is -0.548 e. The zero-order chi connectivity index (χ0) is 16.2. The van der Waals surface area contributed by atoms with Crippen LogP contribution in [0.2, 0.25) is 0 Å². The van der Waals surface area contributed by atoms with Gasteiger partial charge in [0.15, 0.2) is 0 Å². The van der Waals surface area contributed by atoms with Crippen molar-refractivity contribution in [2.24, 2.45) is 10.9 Å². The fourth-order valence-corrected chi connectivity index (χ4v) is 1.67. The number of aliphatic carboxylic acids is 1. The van der Waals surface area contributed by atoms with Gasteiger partial charge < -0.3 is 14.6 Å². The number of aliphatic imine (C=N–C) groups is 1. The molecule has 0 heterocycles. The van der Waals surface area contributed by atoms with E-state index in [0.29, 0.717) is 5.75 Å². The van der Waals surface area contributed by atoms with Crippen LogP contribution in [0, 0.1) is 5.92 Å². The Balaban J connectivity index is 0.00000441. The number of hydrogen-bond donors (Lipinski definition) is 0. The largest absolute Gasteiger partial charge is 1.00 e. The summed E-state index contributed by atoms with van der Waals surface area (Å²) in [7, 11) is 1.39. The SMILES string of the molecule is COc1ccc(C(=N[C@H](C(=O)[O-])C(C)C)C(F)(F)F)cc1.[K+]. The van der Waals surface area contributed by atoms with E-state index in [0.717, 1.165) is 0 Å². The van der Waals surface area contributed by atoms with E-state index >= 15 is 0 Å². The molecule has 0 radical (unpaired) electrons. The molecular formula is C14H15F3KNO3. The molecule has 4 nitrogen and oxygen atoms in total. The summed E-state index contributed by atoms with van der Waals surface area (Å²) in [5.74, 6) is -1.87. The third-order valence-electron chi connectivity index (χ3n) is 2.77. The molecule has 0 aliphatic heterocycles. The molecule has 0 bridgehead atoms. The number of rotatable bonds is 5. The number of carbonyl (C=O) groups excluding carboxylic acids is 1. The Labute approximate surface area is 169 Å². The minimum atomic E-state index is -4.77. The van der Waals surface area contributed by atoms with Crippen LogP contribution in [0.15, 0.2) is 29.3 Å². The number of nitrogens with zero attached hydrogens (tertiary/aromatic N) is 1. The van der Waals surface area contributed by atoms with Gasteiger partial charge in [-0.3, -0.25) is 4.99 Å². The van der Waals surface area contributed by atoms with Crippen molar-refractivity contribution >= 4 is 11.7 Å². The monoisotopic (exact) mass is 341 g/mol. The van der Waals surface area contributed by atoms with Crippen LogP contribution in [-0.2, 0) is 4.79 Å². The molecule has 0 aromatic heterocycles. The summed E-state index contributed by atoms with van der Waals surface area (Å²) in [6.45, 7) is 2.93. The molecule has 0 unspecified atom stereocenters. The van der Waals surface area contributed by atoms with Gasteiger partial charge in [0.05, 0.1) is 19.1 Å². The number of hydrogen-bond acceptors (Lipinski definition) is 4. The fraction of sp³-hybridized carbons (Fsp3) is 0.429. The van der Waals surface area contributed by atoms with Crippen LogP contribution in [-0.4, -0.2) is 31.0 Å². The predicted octanol–water partition coefficient (Wildman–Crippen LogP) is -1.17. The second kappa shape index (κ2) is 9.02. The standard InChI is InChI=1S/C14H16F3NO3.K/c1-8(2)11(13(19)20)18-12(14(15,16)17)9-4-6-10(21-3)7-5-9;/h4-8,11H,1-3H3,(H,19,20);/q;+1/p-1/t11-;/m0./s1. The summed E-state index contributed by atoms with van der Waals surface area (Å²) in [6.07, 6.45) is -4.77. The van der Waals surface area contributed by atoms with Crippen molar-refractivity contribution in [3.05, 3.63) is 29.8 Å². The Kier molecular flexibility index (Phi) is 8.85. The van der Waals surface area contributed by atoms with Gasteiger partial charge in [-0.05, 0) is 30.2 Å². The second-order valence-electron chi connectivity index (χ2n) is 4.71. The zero-order valence-corrected chi connectivity index (χ0v) is 15.9. The van der Waals surface area contributed by atoms with E-state index < -0.39 is 29.8 Å². The summed E-state index contributed by atoms with van der Waals surface area (Å²) < 4.78 is 44.2. The van der Waals surface area contributed by atoms with Gasteiger partial charge in [-0.2, -0.15) is 13.2 Å². The first-order chi connectivity index (χ1) is 9.66. The van der Waals surface area contributed by atoms with Crippen molar-refractivity contribution in [2.75, 3.05) is 7.11 Å². The normalized spacial score (nSPS) is 13.5. The van der Waals surface area contributed by atoms with Gasteiger partial charge >= 0.3 is 57.6 Å². The molecule has 1 aromatic rings. The summed E-state index contributed by atoms with van der Waals surface area (Å²) in [4.78, 5) is 14.3. The number of carbonyl (C=O) groups is 1. The average Bonchev–Trinajstić information content (AvgIpc) is 2.37. The minimum absolute atomic E-state index is 0. The van der Waals surface area contributed by atoms with Gasteiger partial charge in [0.2, 0.25) is 0 Å². The van der Waals surface area contributed by atoms with Gasteiger partial charge in [-0.15, -0.1) is 0 Å². The van der Waals surface area contributed by atoms with Crippen molar-refractivity contribution in [3.8, 4) is 5.75 Å². The molecule has 0 amide bonds. The van der Waals surface area contributed by atoms with Gasteiger partial charge in [-0.25, -0.2) is 0 Å². The Hall–Kier alpha value is -0.414. The smallest absolute Gasteiger partial charge is 0.548 e. The van der Waals surface area contributed by atoms with E-state index in [1.54, 1.807) is 0 Å². The quantitative estimate of drug-likeness (QED) is 0.501. The van der Waals surface area contributed by atoms with Crippen LogP contribution in [0.4, 0.5) is 13.2 Å². The summed E-state index contributed by atoms with van der Waals surface area (Å²) in [6, 6.07) is 3.49.